The van der Waals surface area contributed by atoms with Gasteiger partial charge in [-0.25, -0.2) is 0 Å². The second kappa shape index (κ2) is 1.96. The molecule has 0 aromatic rings. The van der Waals surface area contributed by atoms with Crippen LogP contribution >= 0.6 is 0 Å². The Bertz CT molecular complexity index is 222. The minimum Gasteiger partial charge on any atom is -0.481 e. The zero-order valence-corrected chi connectivity index (χ0v) is 5.82. The van der Waals surface area contributed by atoms with E-state index in [9.17, 15) is 9.59 Å². The number of carbonyl (C=O) groups excluding carboxylic acids is 1. The normalized spacial score (nSPS) is 40.7. The van der Waals surface area contributed by atoms with E-state index in [1.54, 1.807) is 0 Å². The standard InChI is InChI=1S/C7H8O4/c8-6(9)4-1-3-2-11-7(10)5(3)4/h3-5H,1-2H2,(H,8,9)/t3-,4-,5+/m0/s1. The van der Waals surface area contributed by atoms with Crippen molar-refractivity contribution in [1.82, 2.24) is 0 Å². The summed E-state index contributed by atoms with van der Waals surface area (Å²) < 4.78 is 4.72. The number of carbonyl (C=O) groups is 2. The van der Waals surface area contributed by atoms with Gasteiger partial charge in [-0.15, -0.1) is 0 Å². The molecule has 1 aliphatic carbocycles. The molecule has 0 unspecified atom stereocenters. The molecule has 2 rings (SSSR count). The highest BCUT2D eigenvalue weighted by atomic mass is 16.5. The van der Waals surface area contributed by atoms with Crippen molar-refractivity contribution in [1.29, 1.82) is 0 Å². The van der Waals surface area contributed by atoms with Gasteiger partial charge in [0.15, 0.2) is 0 Å². The summed E-state index contributed by atoms with van der Waals surface area (Å²) in [5.41, 5.74) is 0. The van der Waals surface area contributed by atoms with E-state index in [1.807, 2.05) is 0 Å². The number of rotatable bonds is 1. The Labute approximate surface area is 63.1 Å². The van der Waals surface area contributed by atoms with Crippen LogP contribution in [-0.4, -0.2) is 23.7 Å². The Morgan fingerprint density at radius 1 is 1.64 bits per heavy atom. The van der Waals surface area contributed by atoms with Crippen LogP contribution in [0.15, 0.2) is 0 Å². The van der Waals surface area contributed by atoms with Crippen molar-refractivity contribution in [3.8, 4) is 0 Å². The Morgan fingerprint density at radius 3 is 2.91 bits per heavy atom. The smallest absolute Gasteiger partial charge is 0.310 e. The van der Waals surface area contributed by atoms with Crippen LogP contribution in [0.2, 0.25) is 0 Å². The second-order valence-corrected chi connectivity index (χ2v) is 3.10. The lowest BCUT2D eigenvalue weighted by Gasteiger charge is -2.32. The number of esters is 1. The molecule has 1 N–H and O–H groups in total. The molecule has 0 amide bonds. The van der Waals surface area contributed by atoms with E-state index in [4.69, 9.17) is 9.84 Å². The van der Waals surface area contributed by atoms with E-state index in [-0.39, 0.29) is 17.8 Å². The van der Waals surface area contributed by atoms with Crippen molar-refractivity contribution in [2.75, 3.05) is 6.61 Å². The Hall–Kier alpha value is -1.06. The van der Waals surface area contributed by atoms with E-state index in [2.05, 4.69) is 0 Å². The summed E-state index contributed by atoms with van der Waals surface area (Å²) in [6, 6.07) is 0. The molecule has 1 aliphatic heterocycles. The van der Waals surface area contributed by atoms with Crippen LogP contribution in [0, 0.1) is 17.8 Å². The van der Waals surface area contributed by atoms with Crippen molar-refractivity contribution < 1.29 is 19.4 Å². The summed E-state index contributed by atoms with van der Waals surface area (Å²) in [7, 11) is 0. The van der Waals surface area contributed by atoms with Crippen molar-refractivity contribution in [3.05, 3.63) is 0 Å². The molecular weight excluding hydrogens is 148 g/mol. The predicted octanol–water partition coefficient (Wildman–Crippen LogP) is -0.120. The number of aliphatic carboxylic acids is 1. The van der Waals surface area contributed by atoms with E-state index in [0.717, 1.165) is 0 Å². The number of carboxylic acid groups (broad SMARTS) is 1. The van der Waals surface area contributed by atoms with Crippen LogP contribution in [-0.2, 0) is 14.3 Å². The van der Waals surface area contributed by atoms with Gasteiger partial charge in [-0.05, 0) is 6.42 Å². The van der Waals surface area contributed by atoms with Gasteiger partial charge in [-0.2, -0.15) is 0 Å². The van der Waals surface area contributed by atoms with Gasteiger partial charge >= 0.3 is 11.9 Å². The summed E-state index contributed by atoms with van der Waals surface area (Å²) in [5, 5.41) is 8.59. The molecule has 4 heteroatoms. The van der Waals surface area contributed by atoms with Gasteiger partial charge in [0.05, 0.1) is 18.4 Å². The Morgan fingerprint density at radius 2 is 2.36 bits per heavy atom. The van der Waals surface area contributed by atoms with Crippen LogP contribution in [0.4, 0.5) is 0 Å². The fourth-order valence-electron chi connectivity index (χ4n) is 1.82. The van der Waals surface area contributed by atoms with Gasteiger partial charge in [0.2, 0.25) is 0 Å². The van der Waals surface area contributed by atoms with Gasteiger partial charge in [0.1, 0.15) is 0 Å². The molecule has 0 bridgehead atoms. The fourth-order valence-corrected chi connectivity index (χ4v) is 1.82. The number of ether oxygens (including phenoxy) is 1. The molecule has 1 saturated carbocycles. The van der Waals surface area contributed by atoms with E-state index < -0.39 is 11.9 Å². The lowest BCUT2D eigenvalue weighted by molar-refractivity contribution is -0.156. The summed E-state index contributed by atoms with van der Waals surface area (Å²) in [6.45, 7) is 0.424. The summed E-state index contributed by atoms with van der Waals surface area (Å²) in [6.07, 6.45) is 0.603. The zero-order valence-electron chi connectivity index (χ0n) is 5.82. The van der Waals surface area contributed by atoms with Crippen LogP contribution in [0.3, 0.4) is 0 Å². The summed E-state index contributed by atoms with van der Waals surface area (Å²) >= 11 is 0. The molecule has 2 fully saturated rings. The van der Waals surface area contributed by atoms with Crippen molar-refractivity contribution in [2.45, 2.75) is 6.42 Å². The average molecular weight is 156 g/mol. The average Bonchev–Trinajstić information content (AvgIpc) is 2.06. The minimum absolute atomic E-state index is 0.184. The Balaban J connectivity index is 2.11. The topological polar surface area (TPSA) is 63.6 Å². The van der Waals surface area contributed by atoms with Crippen molar-refractivity contribution in [3.63, 3.8) is 0 Å². The van der Waals surface area contributed by atoms with Gasteiger partial charge in [-0.1, -0.05) is 0 Å². The molecule has 3 atom stereocenters. The third-order valence-electron chi connectivity index (χ3n) is 2.53. The molecule has 0 spiro atoms. The van der Waals surface area contributed by atoms with Crippen molar-refractivity contribution >= 4 is 11.9 Å². The van der Waals surface area contributed by atoms with Gasteiger partial charge in [0, 0.05) is 5.92 Å². The highest BCUT2D eigenvalue weighted by Gasteiger charge is 2.54. The molecular formula is C7H8O4. The number of hydrogen-bond donors (Lipinski definition) is 1. The van der Waals surface area contributed by atoms with E-state index in [0.29, 0.717) is 13.0 Å². The third kappa shape index (κ3) is 0.751. The molecule has 0 radical (unpaired) electrons. The lowest BCUT2D eigenvalue weighted by Crippen LogP contribution is -2.42. The quantitative estimate of drug-likeness (QED) is 0.537. The first-order valence-corrected chi connectivity index (χ1v) is 3.59. The zero-order chi connectivity index (χ0) is 8.01. The van der Waals surface area contributed by atoms with Gasteiger partial charge in [0.25, 0.3) is 0 Å². The highest BCUT2D eigenvalue weighted by Crippen LogP contribution is 2.45. The van der Waals surface area contributed by atoms with Crippen LogP contribution in [0.1, 0.15) is 6.42 Å². The largest absolute Gasteiger partial charge is 0.481 e. The summed E-state index contributed by atoms with van der Waals surface area (Å²) in [4.78, 5) is 21.3. The molecule has 4 nitrogen and oxygen atoms in total. The number of cyclic esters (lactones) is 1. The molecule has 60 valence electrons. The maximum absolute atomic E-state index is 10.9. The minimum atomic E-state index is -0.870. The van der Waals surface area contributed by atoms with Crippen LogP contribution in [0.5, 0.6) is 0 Å². The molecule has 0 aromatic carbocycles. The van der Waals surface area contributed by atoms with Crippen molar-refractivity contribution in [2.24, 2.45) is 17.8 Å². The molecule has 11 heavy (non-hydrogen) atoms. The maximum atomic E-state index is 10.9. The number of carboxylic acids is 1. The fraction of sp³-hybridized carbons (Fsp3) is 0.714. The van der Waals surface area contributed by atoms with E-state index in [1.165, 1.54) is 0 Å². The molecule has 1 saturated heterocycles. The van der Waals surface area contributed by atoms with Crippen LogP contribution in [0.25, 0.3) is 0 Å². The first kappa shape index (κ1) is 6.64. The number of hydrogen-bond acceptors (Lipinski definition) is 3. The third-order valence-corrected chi connectivity index (χ3v) is 2.53. The first-order chi connectivity index (χ1) is 5.20. The molecule has 2 aliphatic rings. The van der Waals surface area contributed by atoms with Crippen LogP contribution < -0.4 is 0 Å². The van der Waals surface area contributed by atoms with Gasteiger partial charge < -0.3 is 9.84 Å². The Kier molecular flexibility index (Phi) is 1.19. The maximum Gasteiger partial charge on any atom is 0.310 e. The SMILES string of the molecule is O=C1OC[C@@H]2C[C@H](C(=O)O)[C@H]12. The summed E-state index contributed by atoms with van der Waals surface area (Å²) in [5.74, 6) is -1.83. The highest BCUT2D eigenvalue weighted by molar-refractivity contribution is 5.84. The molecule has 0 aromatic heterocycles. The number of fused-ring (bicyclic) bond motifs is 1. The lowest BCUT2D eigenvalue weighted by atomic mass is 9.66. The van der Waals surface area contributed by atoms with E-state index >= 15 is 0 Å². The molecule has 1 heterocycles. The second-order valence-electron chi connectivity index (χ2n) is 3.10. The van der Waals surface area contributed by atoms with Gasteiger partial charge in [-0.3, -0.25) is 9.59 Å². The predicted molar refractivity (Wildman–Crippen MR) is 33.7 cm³/mol. The first-order valence-electron chi connectivity index (χ1n) is 3.59. The monoisotopic (exact) mass is 156 g/mol.